The van der Waals surface area contributed by atoms with Crippen molar-refractivity contribution in [1.29, 1.82) is 0 Å². The molecule has 1 fully saturated rings. The number of aryl methyl sites for hydroxylation is 1. The summed E-state index contributed by atoms with van der Waals surface area (Å²) in [5.41, 5.74) is 1.56. The van der Waals surface area contributed by atoms with E-state index < -0.39 is 17.8 Å². The van der Waals surface area contributed by atoms with E-state index in [1.54, 1.807) is 6.07 Å². The Kier molecular flexibility index (Phi) is 3.99. The standard InChI is InChI=1S/C18H20N4O3/c23-17(13-10-14(13)18(24)25)19-12-6-4-5-11(9-12)16-21-20-15-7-2-1-3-8-22(15)16/h4-6,9,13-14H,1-3,7-8,10H2,(H,19,23)(H,24,25). The van der Waals surface area contributed by atoms with Crippen LogP contribution in [0.1, 0.15) is 31.5 Å². The first-order chi connectivity index (χ1) is 12.1. The van der Waals surface area contributed by atoms with Crippen molar-refractivity contribution in [2.75, 3.05) is 5.32 Å². The number of rotatable bonds is 4. The zero-order chi connectivity index (χ0) is 17.4. The second-order valence-electron chi connectivity index (χ2n) is 6.76. The fourth-order valence-electron chi connectivity index (χ4n) is 3.43. The van der Waals surface area contributed by atoms with Crippen LogP contribution < -0.4 is 5.32 Å². The summed E-state index contributed by atoms with van der Waals surface area (Å²) < 4.78 is 2.16. The predicted molar refractivity (Wildman–Crippen MR) is 90.9 cm³/mol. The van der Waals surface area contributed by atoms with Crippen molar-refractivity contribution < 1.29 is 14.7 Å². The van der Waals surface area contributed by atoms with E-state index in [0.717, 1.165) is 43.0 Å². The number of anilines is 1. The van der Waals surface area contributed by atoms with Gasteiger partial charge in [0.1, 0.15) is 5.82 Å². The van der Waals surface area contributed by atoms with Crippen LogP contribution in [0.2, 0.25) is 0 Å². The predicted octanol–water partition coefficient (Wildman–Crippen LogP) is 2.33. The second kappa shape index (κ2) is 6.31. The van der Waals surface area contributed by atoms with Gasteiger partial charge in [0, 0.05) is 24.2 Å². The minimum atomic E-state index is -0.903. The molecule has 2 atom stereocenters. The average molecular weight is 340 g/mol. The summed E-state index contributed by atoms with van der Waals surface area (Å²) >= 11 is 0. The third kappa shape index (κ3) is 3.14. The number of fused-ring (bicyclic) bond motifs is 1. The van der Waals surface area contributed by atoms with Gasteiger partial charge in [-0.1, -0.05) is 18.6 Å². The molecule has 7 heteroatoms. The van der Waals surface area contributed by atoms with Crippen molar-refractivity contribution in [2.45, 2.75) is 38.6 Å². The van der Waals surface area contributed by atoms with Crippen molar-refractivity contribution in [2.24, 2.45) is 11.8 Å². The Bertz CT molecular complexity index is 829. The molecule has 0 radical (unpaired) electrons. The van der Waals surface area contributed by atoms with Gasteiger partial charge in [-0.2, -0.15) is 0 Å². The molecule has 25 heavy (non-hydrogen) atoms. The molecule has 1 aromatic carbocycles. The first-order valence-electron chi connectivity index (χ1n) is 8.69. The van der Waals surface area contributed by atoms with E-state index >= 15 is 0 Å². The summed E-state index contributed by atoms with van der Waals surface area (Å²) in [4.78, 5) is 23.1. The highest BCUT2D eigenvalue weighted by atomic mass is 16.4. The van der Waals surface area contributed by atoms with Gasteiger partial charge in [-0.3, -0.25) is 9.59 Å². The minimum Gasteiger partial charge on any atom is -0.481 e. The van der Waals surface area contributed by atoms with Crippen LogP contribution in [0.5, 0.6) is 0 Å². The second-order valence-corrected chi connectivity index (χ2v) is 6.76. The summed E-state index contributed by atoms with van der Waals surface area (Å²) in [6, 6.07) is 7.50. The van der Waals surface area contributed by atoms with Crippen molar-refractivity contribution >= 4 is 17.6 Å². The maximum absolute atomic E-state index is 12.2. The van der Waals surface area contributed by atoms with Gasteiger partial charge in [0.05, 0.1) is 11.8 Å². The van der Waals surface area contributed by atoms with Crippen LogP contribution in [0.4, 0.5) is 5.69 Å². The quantitative estimate of drug-likeness (QED) is 0.890. The molecule has 1 amide bonds. The summed E-state index contributed by atoms with van der Waals surface area (Å²) in [6.45, 7) is 0.913. The van der Waals surface area contributed by atoms with Gasteiger partial charge >= 0.3 is 5.97 Å². The number of nitrogens with zero attached hydrogens (tertiary/aromatic N) is 3. The van der Waals surface area contributed by atoms with E-state index in [2.05, 4.69) is 20.1 Å². The molecule has 130 valence electrons. The number of benzene rings is 1. The molecule has 2 heterocycles. The molecule has 0 saturated heterocycles. The zero-order valence-electron chi connectivity index (χ0n) is 13.8. The number of amides is 1. The average Bonchev–Trinajstić information content (AvgIpc) is 3.36. The fraction of sp³-hybridized carbons (Fsp3) is 0.444. The van der Waals surface area contributed by atoms with Crippen molar-refractivity contribution in [3.63, 3.8) is 0 Å². The Hall–Kier alpha value is -2.70. The van der Waals surface area contributed by atoms with Crippen LogP contribution in [0.3, 0.4) is 0 Å². The SMILES string of the molecule is O=C(O)C1CC1C(=O)Nc1cccc(-c2nnc3n2CCCCC3)c1. The highest BCUT2D eigenvalue weighted by Crippen LogP contribution is 2.39. The Morgan fingerprint density at radius 2 is 2.04 bits per heavy atom. The van der Waals surface area contributed by atoms with Crippen LogP contribution in [0.15, 0.2) is 24.3 Å². The molecule has 2 aliphatic rings. The van der Waals surface area contributed by atoms with Gasteiger partial charge in [0.25, 0.3) is 0 Å². The lowest BCUT2D eigenvalue weighted by Gasteiger charge is -2.09. The third-order valence-electron chi connectivity index (χ3n) is 4.94. The normalized spacial score (nSPS) is 21.9. The number of hydrogen-bond acceptors (Lipinski definition) is 4. The monoisotopic (exact) mass is 340 g/mol. The number of carboxylic acids is 1. The molecule has 4 rings (SSSR count). The first kappa shape index (κ1) is 15.8. The Morgan fingerprint density at radius 1 is 1.16 bits per heavy atom. The lowest BCUT2D eigenvalue weighted by Crippen LogP contribution is -2.16. The van der Waals surface area contributed by atoms with Gasteiger partial charge in [0.2, 0.25) is 5.91 Å². The molecule has 1 aliphatic carbocycles. The van der Waals surface area contributed by atoms with Crippen molar-refractivity contribution in [3.8, 4) is 11.4 Å². The summed E-state index contributed by atoms with van der Waals surface area (Å²) in [7, 11) is 0. The van der Waals surface area contributed by atoms with E-state index in [9.17, 15) is 9.59 Å². The molecule has 1 aromatic heterocycles. The number of carbonyl (C=O) groups is 2. The molecule has 2 aromatic rings. The minimum absolute atomic E-state index is 0.232. The fourth-order valence-corrected chi connectivity index (χ4v) is 3.43. The molecule has 0 bridgehead atoms. The van der Waals surface area contributed by atoms with Crippen LogP contribution in [-0.2, 0) is 22.6 Å². The molecule has 7 nitrogen and oxygen atoms in total. The van der Waals surface area contributed by atoms with E-state index in [1.807, 2.05) is 18.2 Å². The molecular formula is C18H20N4O3. The van der Waals surface area contributed by atoms with Gasteiger partial charge in [-0.25, -0.2) is 0 Å². The maximum Gasteiger partial charge on any atom is 0.307 e. The van der Waals surface area contributed by atoms with Crippen LogP contribution >= 0.6 is 0 Å². The Balaban J connectivity index is 1.53. The van der Waals surface area contributed by atoms with Gasteiger partial charge in [0.15, 0.2) is 5.82 Å². The number of hydrogen-bond donors (Lipinski definition) is 2. The Labute approximate surface area is 145 Å². The molecule has 1 aliphatic heterocycles. The molecular weight excluding hydrogens is 320 g/mol. The molecule has 2 N–H and O–H groups in total. The van der Waals surface area contributed by atoms with Crippen molar-refractivity contribution in [1.82, 2.24) is 14.8 Å². The molecule has 1 saturated carbocycles. The lowest BCUT2D eigenvalue weighted by atomic mass is 10.1. The van der Waals surface area contributed by atoms with Gasteiger partial charge in [-0.05, 0) is 31.4 Å². The van der Waals surface area contributed by atoms with E-state index in [-0.39, 0.29) is 5.91 Å². The van der Waals surface area contributed by atoms with Gasteiger partial charge in [-0.15, -0.1) is 10.2 Å². The smallest absolute Gasteiger partial charge is 0.307 e. The van der Waals surface area contributed by atoms with Gasteiger partial charge < -0.3 is 15.0 Å². The number of nitrogens with one attached hydrogen (secondary N) is 1. The van der Waals surface area contributed by atoms with E-state index in [1.165, 1.54) is 6.42 Å². The van der Waals surface area contributed by atoms with Crippen LogP contribution in [-0.4, -0.2) is 31.7 Å². The lowest BCUT2D eigenvalue weighted by molar-refractivity contribution is -0.139. The maximum atomic E-state index is 12.2. The number of aromatic nitrogens is 3. The number of carbonyl (C=O) groups excluding carboxylic acids is 1. The first-order valence-corrected chi connectivity index (χ1v) is 8.69. The summed E-state index contributed by atoms with van der Waals surface area (Å²) in [5.74, 6) is -0.266. The summed E-state index contributed by atoms with van der Waals surface area (Å²) in [5, 5.41) is 20.4. The summed E-state index contributed by atoms with van der Waals surface area (Å²) in [6.07, 6.45) is 4.82. The van der Waals surface area contributed by atoms with E-state index in [0.29, 0.717) is 12.1 Å². The Morgan fingerprint density at radius 3 is 2.84 bits per heavy atom. The zero-order valence-corrected chi connectivity index (χ0v) is 13.8. The topological polar surface area (TPSA) is 97.1 Å². The van der Waals surface area contributed by atoms with Crippen LogP contribution in [0, 0.1) is 11.8 Å². The third-order valence-corrected chi connectivity index (χ3v) is 4.94. The van der Waals surface area contributed by atoms with Crippen LogP contribution in [0.25, 0.3) is 11.4 Å². The molecule has 2 unspecified atom stereocenters. The number of carboxylic acid groups (broad SMARTS) is 1. The largest absolute Gasteiger partial charge is 0.481 e. The highest BCUT2D eigenvalue weighted by Gasteiger charge is 2.48. The molecule has 0 spiro atoms. The number of aliphatic carboxylic acids is 1. The van der Waals surface area contributed by atoms with Crippen molar-refractivity contribution in [3.05, 3.63) is 30.1 Å². The highest BCUT2D eigenvalue weighted by molar-refractivity contribution is 5.98. The van der Waals surface area contributed by atoms with E-state index in [4.69, 9.17) is 5.11 Å².